The lowest BCUT2D eigenvalue weighted by atomic mass is 10.00. The molecule has 0 saturated carbocycles. The molecule has 13 heteroatoms. The molecule has 5 rings (SSSR count). The zero-order valence-corrected chi connectivity index (χ0v) is 27.8. The quantitative estimate of drug-likeness (QED) is 0.233. The maximum atomic E-state index is 14.1. The van der Waals surface area contributed by atoms with Crippen LogP contribution in [-0.4, -0.2) is 106 Å². The third-order valence-electron chi connectivity index (χ3n) is 9.45. The highest BCUT2D eigenvalue weighted by Gasteiger charge is 2.35. The molecule has 1 aromatic carbocycles. The Balaban J connectivity index is 1.41. The molecular weight excluding hydrogens is 620 g/mol. The zero-order valence-electron chi connectivity index (χ0n) is 27.0. The SMILES string of the molecule is CCC(C)NC(=O)N1CCc2c(c(-c3ccc(C(F)(F)F)c(SCCN4CCC(F)CC4)c3)nn2C[C@@H](O)CN2CCCCC2)C1. The van der Waals surface area contributed by atoms with E-state index in [0.717, 1.165) is 61.4 Å². The van der Waals surface area contributed by atoms with E-state index in [2.05, 4.69) is 15.1 Å². The molecule has 2 atom stereocenters. The molecule has 3 aliphatic rings. The number of hydrogen-bond donors (Lipinski definition) is 2. The summed E-state index contributed by atoms with van der Waals surface area (Å²) in [6.07, 6.45) is -0.284. The van der Waals surface area contributed by atoms with Gasteiger partial charge in [-0.25, -0.2) is 9.18 Å². The molecule has 2 aromatic rings. The number of nitrogens with zero attached hydrogens (tertiary/aromatic N) is 5. The van der Waals surface area contributed by atoms with Gasteiger partial charge >= 0.3 is 12.2 Å². The third-order valence-corrected chi connectivity index (χ3v) is 10.5. The van der Waals surface area contributed by atoms with Gasteiger partial charge in [0.2, 0.25) is 0 Å². The summed E-state index contributed by atoms with van der Waals surface area (Å²) in [5, 5.41) is 19.0. The van der Waals surface area contributed by atoms with Crippen molar-refractivity contribution in [3.8, 4) is 11.3 Å². The number of fused-ring (bicyclic) bond motifs is 1. The van der Waals surface area contributed by atoms with Crippen molar-refractivity contribution in [2.75, 3.05) is 51.6 Å². The topological polar surface area (TPSA) is 76.9 Å². The number of hydrogen-bond acceptors (Lipinski definition) is 6. The highest BCUT2D eigenvalue weighted by Crippen LogP contribution is 2.40. The van der Waals surface area contributed by atoms with Crippen LogP contribution in [0.25, 0.3) is 11.3 Å². The molecule has 0 aliphatic carbocycles. The highest BCUT2D eigenvalue weighted by molar-refractivity contribution is 7.99. The Kier molecular flexibility index (Phi) is 11.9. The number of halogens is 4. The lowest BCUT2D eigenvalue weighted by molar-refractivity contribution is -0.139. The van der Waals surface area contributed by atoms with E-state index < -0.39 is 24.0 Å². The molecule has 2 saturated heterocycles. The predicted octanol–water partition coefficient (Wildman–Crippen LogP) is 5.81. The second kappa shape index (κ2) is 15.7. The van der Waals surface area contributed by atoms with Crippen molar-refractivity contribution in [3.05, 3.63) is 35.0 Å². The van der Waals surface area contributed by atoms with Crippen LogP contribution in [0.1, 0.15) is 69.2 Å². The first-order chi connectivity index (χ1) is 22.0. The predicted molar refractivity (Wildman–Crippen MR) is 173 cm³/mol. The second-order valence-corrected chi connectivity index (χ2v) is 14.1. The van der Waals surface area contributed by atoms with Crippen LogP contribution in [0, 0.1) is 0 Å². The molecule has 1 unspecified atom stereocenters. The number of amides is 2. The number of urea groups is 1. The van der Waals surface area contributed by atoms with Crippen molar-refractivity contribution in [1.29, 1.82) is 0 Å². The molecule has 3 aliphatic heterocycles. The van der Waals surface area contributed by atoms with Crippen molar-refractivity contribution in [1.82, 2.24) is 29.8 Å². The Morgan fingerprint density at radius 1 is 1.09 bits per heavy atom. The van der Waals surface area contributed by atoms with E-state index in [9.17, 15) is 27.5 Å². The van der Waals surface area contributed by atoms with Gasteiger partial charge in [0.15, 0.2) is 0 Å². The molecule has 8 nitrogen and oxygen atoms in total. The van der Waals surface area contributed by atoms with Crippen molar-refractivity contribution in [3.63, 3.8) is 0 Å². The molecule has 0 radical (unpaired) electrons. The van der Waals surface area contributed by atoms with E-state index >= 15 is 0 Å². The van der Waals surface area contributed by atoms with Gasteiger partial charge in [0.1, 0.15) is 6.17 Å². The van der Waals surface area contributed by atoms with Crippen LogP contribution < -0.4 is 5.32 Å². The van der Waals surface area contributed by atoms with Gasteiger partial charge in [-0.1, -0.05) is 19.4 Å². The average molecular weight is 669 g/mol. The Labute approximate surface area is 273 Å². The number of carbonyl (C=O) groups excluding carboxylic acids is 1. The molecule has 46 heavy (non-hydrogen) atoms. The number of aromatic nitrogens is 2. The zero-order chi connectivity index (χ0) is 32.8. The number of β-amino-alcohol motifs (C(OH)–C–C–N with tert-alkyl or cyclic N) is 1. The minimum absolute atomic E-state index is 0.0128. The summed E-state index contributed by atoms with van der Waals surface area (Å²) < 4.78 is 57.8. The standard InChI is InChI=1S/C33H48F4N6O2S/c1-3-23(2)38-32(45)42-16-11-29-27(22-42)31(39-43(29)21-26(44)20-41-12-5-4-6-13-41)24-7-8-28(33(35,36)37)30(19-24)46-18-17-40-14-9-25(34)10-15-40/h7-8,19,23,25-26,44H,3-6,9-18,20-22H2,1-2H3,(H,38,45)/t23?,26-/m0/s1. The van der Waals surface area contributed by atoms with Gasteiger partial charge in [-0.2, -0.15) is 18.3 Å². The van der Waals surface area contributed by atoms with E-state index in [1.807, 2.05) is 18.5 Å². The van der Waals surface area contributed by atoms with E-state index in [4.69, 9.17) is 5.10 Å². The van der Waals surface area contributed by atoms with Crippen LogP contribution in [0.4, 0.5) is 22.4 Å². The first-order valence-electron chi connectivity index (χ1n) is 16.8. The second-order valence-electron chi connectivity index (χ2n) is 13.0. The lowest BCUT2D eigenvalue weighted by Crippen LogP contribution is -2.46. The maximum Gasteiger partial charge on any atom is 0.417 e. The fourth-order valence-electron chi connectivity index (χ4n) is 6.58. The Bertz CT molecular complexity index is 1310. The summed E-state index contributed by atoms with van der Waals surface area (Å²) in [5.74, 6) is 0.447. The number of benzene rings is 1. The normalized spacial score (nSPS) is 20.0. The minimum Gasteiger partial charge on any atom is -0.390 e. The van der Waals surface area contributed by atoms with Crippen LogP contribution in [0.3, 0.4) is 0 Å². The summed E-state index contributed by atoms with van der Waals surface area (Å²) in [5.41, 5.74) is 2.12. The Morgan fingerprint density at radius 2 is 1.83 bits per heavy atom. The van der Waals surface area contributed by atoms with Crippen LogP contribution in [-0.2, 0) is 25.7 Å². The average Bonchev–Trinajstić information content (AvgIpc) is 3.39. The van der Waals surface area contributed by atoms with Gasteiger partial charge in [-0.15, -0.1) is 11.8 Å². The number of aliphatic hydroxyl groups excluding tert-OH is 1. The molecular formula is C33H48F4N6O2S. The van der Waals surface area contributed by atoms with Crippen LogP contribution >= 0.6 is 11.8 Å². The smallest absolute Gasteiger partial charge is 0.390 e. The lowest BCUT2D eigenvalue weighted by Gasteiger charge is -2.30. The van der Waals surface area contributed by atoms with Gasteiger partial charge in [0.25, 0.3) is 0 Å². The largest absolute Gasteiger partial charge is 0.417 e. The number of piperidine rings is 2. The molecule has 2 N–H and O–H groups in total. The van der Waals surface area contributed by atoms with Gasteiger partial charge < -0.3 is 25.1 Å². The van der Waals surface area contributed by atoms with Crippen LogP contribution in [0.15, 0.2) is 23.1 Å². The summed E-state index contributed by atoms with van der Waals surface area (Å²) >= 11 is 1.16. The number of thioether (sulfide) groups is 1. The Morgan fingerprint density at radius 3 is 2.52 bits per heavy atom. The first-order valence-corrected chi connectivity index (χ1v) is 17.8. The minimum atomic E-state index is -4.52. The molecule has 0 bridgehead atoms. The fraction of sp³-hybridized carbons (Fsp3) is 0.697. The Hall–Kier alpha value is -2.35. The van der Waals surface area contributed by atoms with Crippen molar-refractivity contribution in [2.45, 2.75) is 101 Å². The van der Waals surface area contributed by atoms with E-state index in [-0.39, 0.29) is 30.1 Å². The summed E-state index contributed by atoms with van der Waals surface area (Å²) in [6, 6.07) is 3.99. The molecule has 2 fully saturated rings. The van der Waals surface area contributed by atoms with Crippen LogP contribution in [0.5, 0.6) is 0 Å². The number of nitrogens with one attached hydrogen (secondary N) is 1. The summed E-state index contributed by atoms with van der Waals surface area (Å²) in [6.45, 7) is 9.25. The van der Waals surface area contributed by atoms with Gasteiger partial charge in [0.05, 0.1) is 30.5 Å². The van der Waals surface area contributed by atoms with Crippen molar-refractivity contribution < 1.29 is 27.5 Å². The fourth-order valence-corrected chi connectivity index (χ4v) is 7.70. The van der Waals surface area contributed by atoms with Crippen LogP contribution in [0.2, 0.25) is 0 Å². The third kappa shape index (κ3) is 8.96. The molecule has 256 valence electrons. The number of likely N-dealkylation sites (tertiary alicyclic amines) is 2. The van der Waals surface area contributed by atoms with Gasteiger partial charge in [-0.3, -0.25) is 4.68 Å². The number of rotatable bonds is 11. The summed E-state index contributed by atoms with van der Waals surface area (Å²) in [7, 11) is 0. The van der Waals surface area contributed by atoms with Gasteiger partial charge in [-0.05, 0) is 64.3 Å². The van der Waals surface area contributed by atoms with Crippen molar-refractivity contribution in [2.24, 2.45) is 0 Å². The molecule has 0 spiro atoms. The van der Waals surface area contributed by atoms with E-state index in [1.165, 1.54) is 12.5 Å². The van der Waals surface area contributed by atoms with Gasteiger partial charge in [0, 0.05) is 72.7 Å². The number of carbonyl (C=O) groups is 1. The highest BCUT2D eigenvalue weighted by atomic mass is 32.2. The van der Waals surface area contributed by atoms with E-state index in [0.29, 0.717) is 69.0 Å². The summed E-state index contributed by atoms with van der Waals surface area (Å²) in [4.78, 5) is 19.3. The van der Waals surface area contributed by atoms with E-state index in [1.54, 1.807) is 11.0 Å². The number of alkyl halides is 4. The number of aliphatic hydroxyl groups is 1. The molecule has 4 heterocycles. The molecule has 1 aromatic heterocycles. The monoisotopic (exact) mass is 668 g/mol. The molecule has 2 amide bonds. The van der Waals surface area contributed by atoms with Crippen molar-refractivity contribution >= 4 is 17.8 Å². The maximum absolute atomic E-state index is 14.1. The first kappa shape index (κ1) is 35.0.